The van der Waals surface area contributed by atoms with Gasteiger partial charge < -0.3 is 15.4 Å². The van der Waals surface area contributed by atoms with Crippen LogP contribution in [0, 0.1) is 0 Å². The third kappa shape index (κ3) is 3.01. The van der Waals surface area contributed by atoms with E-state index in [-0.39, 0.29) is 16.7 Å². The second kappa shape index (κ2) is 6.17. The van der Waals surface area contributed by atoms with Crippen LogP contribution in [0.3, 0.4) is 0 Å². The summed E-state index contributed by atoms with van der Waals surface area (Å²) in [6, 6.07) is 0. The molecule has 1 atom stereocenters. The summed E-state index contributed by atoms with van der Waals surface area (Å²) in [6.07, 6.45) is 1.66. The number of hydrogen-bond acceptors (Lipinski definition) is 5. The van der Waals surface area contributed by atoms with Crippen molar-refractivity contribution in [3.8, 4) is 0 Å². The summed E-state index contributed by atoms with van der Waals surface area (Å²) in [7, 11) is 0. The Kier molecular flexibility index (Phi) is 4.57. The molecule has 100 valence electrons. The molecule has 0 radical (unpaired) electrons. The number of hydrogen-bond donors (Lipinski definition) is 2. The van der Waals surface area contributed by atoms with Gasteiger partial charge in [-0.3, -0.25) is 4.79 Å². The SMILES string of the molecule is CCn1ncc(NCC2CNCCO2)c(Cl)c1=O. The quantitative estimate of drug-likeness (QED) is 0.826. The van der Waals surface area contributed by atoms with Crippen LogP contribution in [-0.4, -0.2) is 42.1 Å². The molecule has 0 bridgehead atoms. The predicted molar refractivity (Wildman–Crippen MR) is 70.3 cm³/mol. The van der Waals surface area contributed by atoms with Gasteiger partial charge in [0.1, 0.15) is 5.02 Å². The average Bonchev–Trinajstić information content (AvgIpc) is 2.42. The Labute approximate surface area is 110 Å². The number of aromatic nitrogens is 2. The van der Waals surface area contributed by atoms with E-state index in [0.717, 1.165) is 13.1 Å². The minimum atomic E-state index is -0.271. The van der Waals surface area contributed by atoms with Crippen LogP contribution in [0.1, 0.15) is 6.92 Å². The number of anilines is 1. The van der Waals surface area contributed by atoms with E-state index in [9.17, 15) is 4.79 Å². The largest absolute Gasteiger partial charge is 0.380 e. The first-order chi connectivity index (χ1) is 8.72. The number of morpholine rings is 1. The highest BCUT2D eigenvalue weighted by atomic mass is 35.5. The zero-order valence-electron chi connectivity index (χ0n) is 10.3. The zero-order valence-corrected chi connectivity index (χ0v) is 11.0. The molecule has 6 nitrogen and oxygen atoms in total. The van der Waals surface area contributed by atoms with Crippen LogP contribution in [-0.2, 0) is 11.3 Å². The van der Waals surface area contributed by atoms with Crippen LogP contribution >= 0.6 is 11.6 Å². The third-order valence-electron chi connectivity index (χ3n) is 2.81. The molecule has 1 saturated heterocycles. The molecule has 0 saturated carbocycles. The maximum atomic E-state index is 11.8. The molecule has 1 unspecified atom stereocenters. The highest BCUT2D eigenvalue weighted by Crippen LogP contribution is 2.15. The molecule has 7 heteroatoms. The van der Waals surface area contributed by atoms with Crippen LogP contribution in [0.5, 0.6) is 0 Å². The van der Waals surface area contributed by atoms with Gasteiger partial charge in [0.2, 0.25) is 0 Å². The van der Waals surface area contributed by atoms with Crippen LogP contribution < -0.4 is 16.2 Å². The highest BCUT2D eigenvalue weighted by Gasteiger charge is 2.14. The predicted octanol–water partition coefficient (Wildman–Crippen LogP) is 0.317. The van der Waals surface area contributed by atoms with Crippen molar-refractivity contribution in [1.82, 2.24) is 15.1 Å². The van der Waals surface area contributed by atoms with Gasteiger partial charge in [-0.2, -0.15) is 5.10 Å². The van der Waals surface area contributed by atoms with E-state index in [1.165, 1.54) is 4.68 Å². The molecule has 18 heavy (non-hydrogen) atoms. The number of halogens is 1. The molecular formula is C11H17ClN4O2. The lowest BCUT2D eigenvalue weighted by atomic mass is 10.3. The molecule has 2 N–H and O–H groups in total. The molecule has 1 aromatic heterocycles. The third-order valence-corrected chi connectivity index (χ3v) is 3.17. The Hall–Kier alpha value is -1.11. The summed E-state index contributed by atoms with van der Waals surface area (Å²) in [5, 5.41) is 10.5. The van der Waals surface area contributed by atoms with Crippen molar-refractivity contribution in [2.24, 2.45) is 0 Å². The van der Waals surface area contributed by atoms with Crippen molar-refractivity contribution >= 4 is 17.3 Å². The minimum Gasteiger partial charge on any atom is -0.380 e. The first-order valence-corrected chi connectivity index (χ1v) is 6.42. The fourth-order valence-corrected chi connectivity index (χ4v) is 2.00. The standard InChI is InChI=1S/C11H17ClN4O2/c1-2-16-11(17)10(12)9(7-15-16)14-6-8-5-13-3-4-18-8/h7-8,13-14H,2-6H2,1H3. The van der Waals surface area contributed by atoms with E-state index < -0.39 is 0 Å². The zero-order chi connectivity index (χ0) is 13.0. The van der Waals surface area contributed by atoms with Crippen molar-refractivity contribution in [2.45, 2.75) is 19.6 Å². The van der Waals surface area contributed by atoms with Crippen LogP contribution in [0.4, 0.5) is 5.69 Å². The van der Waals surface area contributed by atoms with Gasteiger partial charge in [-0.1, -0.05) is 11.6 Å². The number of nitrogens with zero attached hydrogens (tertiary/aromatic N) is 2. The second-order valence-electron chi connectivity index (χ2n) is 4.07. The molecule has 0 spiro atoms. The average molecular weight is 273 g/mol. The summed E-state index contributed by atoms with van der Waals surface area (Å²) < 4.78 is 6.87. The van der Waals surface area contributed by atoms with Crippen molar-refractivity contribution in [2.75, 3.05) is 31.6 Å². The monoisotopic (exact) mass is 272 g/mol. The summed E-state index contributed by atoms with van der Waals surface area (Å²) in [4.78, 5) is 11.8. The number of nitrogens with one attached hydrogen (secondary N) is 2. The number of aryl methyl sites for hydroxylation is 1. The molecule has 1 aliphatic heterocycles. The van der Waals surface area contributed by atoms with Crippen molar-refractivity contribution in [1.29, 1.82) is 0 Å². The van der Waals surface area contributed by atoms with Gasteiger partial charge in [-0.05, 0) is 6.92 Å². The highest BCUT2D eigenvalue weighted by molar-refractivity contribution is 6.32. The van der Waals surface area contributed by atoms with Crippen molar-refractivity contribution in [3.63, 3.8) is 0 Å². The lowest BCUT2D eigenvalue weighted by molar-refractivity contribution is 0.0372. The smallest absolute Gasteiger partial charge is 0.287 e. The van der Waals surface area contributed by atoms with Gasteiger partial charge in [-0.25, -0.2) is 4.68 Å². The van der Waals surface area contributed by atoms with Crippen LogP contribution in [0.2, 0.25) is 5.02 Å². The van der Waals surface area contributed by atoms with Gasteiger partial charge in [0.05, 0.1) is 24.6 Å². The summed E-state index contributed by atoms with van der Waals surface area (Å²) in [6.45, 7) is 5.34. The lowest BCUT2D eigenvalue weighted by Gasteiger charge is -2.24. The first-order valence-electron chi connectivity index (χ1n) is 6.04. The van der Waals surface area contributed by atoms with E-state index in [0.29, 0.717) is 25.4 Å². The molecule has 2 heterocycles. The fraction of sp³-hybridized carbons (Fsp3) is 0.636. The van der Waals surface area contributed by atoms with Gasteiger partial charge in [0.25, 0.3) is 5.56 Å². The van der Waals surface area contributed by atoms with Gasteiger partial charge in [-0.15, -0.1) is 0 Å². The van der Waals surface area contributed by atoms with E-state index in [4.69, 9.17) is 16.3 Å². The lowest BCUT2D eigenvalue weighted by Crippen LogP contribution is -2.42. The number of rotatable bonds is 4. The molecule has 0 amide bonds. The molecule has 0 aromatic carbocycles. The molecular weight excluding hydrogens is 256 g/mol. The van der Waals surface area contributed by atoms with E-state index in [2.05, 4.69) is 15.7 Å². The Morgan fingerprint density at radius 1 is 1.72 bits per heavy atom. The van der Waals surface area contributed by atoms with Gasteiger partial charge in [0, 0.05) is 26.2 Å². The second-order valence-corrected chi connectivity index (χ2v) is 4.45. The summed E-state index contributed by atoms with van der Waals surface area (Å²) >= 11 is 6.00. The Balaban J connectivity index is 2.01. The Bertz CT molecular complexity index is 457. The topological polar surface area (TPSA) is 68.2 Å². The van der Waals surface area contributed by atoms with E-state index in [1.807, 2.05) is 6.92 Å². The van der Waals surface area contributed by atoms with E-state index >= 15 is 0 Å². The molecule has 0 aliphatic carbocycles. The fourth-order valence-electron chi connectivity index (χ4n) is 1.79. The van der Waals surface area contributed by atoms with Crippen LogP contribution in [0.25, 0.3) is 0 Å². The molecule has 2 rings (SSSR count). The number of ether oxygens (including phenoxy) is 1. The summed E-state index contributed by atoms with van der Waals surface area (Å²) in [5.41, 5.74) is 0.285. The van der Waals surface area contributed by atoms with Crippen molar-refractivity contribution in [3.05, 3.63) is 21.6 Å². The first kappa shape index (κ1) is 13.3. The summed E-state index contributed by atoms with van der Waals surface area (Å²) in [5.74, 6) is 0. The molecule has 1 fully saturated rings. The minimum absolute atomic E-state index is 0.0865. The maximum absolute atomic E-state index is 11.8. The Morgan fingerprint density at radius 3 is 3.22 bits per heavy atom. The van der Waals surface area contributed by atoms with Gasteiger partial charge >= 0.3 is 0 Å². The Morgan fingerprint density at radius 2 is 2.56 bits per heavy atom. The van der Waals surface area contributed by atoms with Gasteiger partial charge in [0.15, 0.2) is 0 Å². The van der Waals surface area contributed by atoms with E-state index in [1.54, 1.807) is 6.20 Å². The van der Waals surface area contributed by atoms with Crippen LogP contribution in [0.15, 0.2) is 11.0 Å². The van der Waals surface area contributed by atoms with Crippen molar-refractivity contribution < 1.29 is 4.74 Å². The maximum Gasteiger partial charge on any atom is 0.287 e. The normalized spacial score (nSPS) is 19.8. The molecule has 1 aromatic rings. The molecule has 1 aliphatic rings.